The molecule has 0 saturated carbocycles. The molecule has 0 amide bonds. The summed E-state index contributed by atoms with van der Waals surface area (Å²) in [5, 5.41) is 4.34. The molecule has 1 atom stereocenters. The molecule has 3 rings (SSSR count). The van der Waals surface area contributed by atoms with Gasteiger partial charge in [-0.2, -0.15) is 11.3 Å². The van der Waals surface area contributed by atoms with E-state index >= 15 is 0 Å². The second-order valence-electron chi connectivity index (χ2n) is 4.52. The molecule has 0 N–H and O–H groups in total. The van der Waals surface area contributed by atoms with Gasteiger partial charge in [0.15, 0.2) is 0 Å². The molecule has 3 heteroatoms. The van der Waals surface area contributed by atoms with Gasteiger partial charge in [-0.15, -0.1) is 11.8 Å². The molecule has 1 aliphatic rings. The third-order valence-corrected chi connectivity index (χ3v) is 5.34. The van der Waals surface area contributed by atoms with Gasteiger partial charge in [-0.05, 0) is 46.9 Å². The summed E-state index contributed by atoms with van der Waals surface area (Å²) in [4.78, 5) is 13.5. The molecule has 0 bridgehead atoms. The van der Waals surface area contributed by atoms with Crippen molar-refractivity contribution in [2.45, 2.75) is 29.4 Å². The summed E-state index contributed by atoms with van der Waals surface area (Å²) in [5.41, 5.74) is 2.62. The van der Waals surface area contributed by atoms with Crippen LogP contribution in [0.4, 0.5) is 0 Å². The van der Waals surface area contributed by atoms with Gasteiger partial charge < -0.3 is 0 Å². The van der Waals surface area contributed by atoms with Crippen LogP contribution in [0, 0.1) is 0 Å². The van der Waals surface area contributed by atoms with Crippen LogP contribution in [0.25, 0.3) is 0 Å². The number of rotatable bonds is 4. The van der Waals surface area contributed by atoms with Crippen LogP contribution in [-0.4, -0.2) is 11.0 Å². The Labute approximate surface area is 115 Å². The Kier molecular flexibility index (Phi) is 3.52. The number of carbonyl (C=O) groups excluding carboxylic acids is 1. The Bertz CT molecular complexity index is 520. The van der Waals surface area contributed by atoms with Gasteiger partial charge in [0, 0.05) is 11.3 Å². The van der Waals surface area contributed by atoms with E-state index in [1.807, 2.05) is 6.07 Å². The summed E-state index contributed by atoms with van der Waals surface area (Å²) in [6.45, 7) is 0. The minimum Gasteiger partial charge on any atom is -0.298 e. The van der Waals surface area contributed by atoms with Crippen molar-refractivity contribution >= 4 is 28.9 Å². The van der Waals surface area contributed by atoms with Crippen LogP contribution in [0.3, 0.4) is 0 Å². The van der Waals surface area contributed by atoms with Crippen molar-refractivity contribution in [2.75, 3.05) is 0 Å². The van der Waals surface area contributed by atoms with Gasteiger partial charge in [-0.25, -0.2) is 0 Å². The molecular formula is C15H14OS2. The molecule has 0 spiro atoms. The standard InChI is InChI=1S/C15H14OS2/c16-13(6-5-11-7-8-17-10-11)15-9-12-3-1-2-4-14(12)18-15/h1-4,7-8,10,15H,5-6,9H2. The maximum absolute atomic E-state index is 12.2. The zero-order valence-corrected chi connectivity index (χ0v) is 11.6. The maximum Gasteiger partial charge on any atom is 0.146 e. The molecule has 2 aromatic rings. The number of hydrogen-bond acceptors (Lipinski definition) is 3. The highest BCUT2D eigenvalue weighted by molar-refractivity contribution is 8.01. The van der Waals surface area contributed by atoms with Gasteiger partial charge in [0.2, 0.25) is 0 Å². The third kappa shape index (κ3) is 2.52. The highest BCUT2D eigenvalue weighted by atomic mass is 32.2. The van der Waals surface area contributed by atoms with Crippen molar-refractivity contribution in [2.24, 2.45) is 0 Å². The fourth-order valence-electron chi connectivity index (χ4n) is 2.23. The second-order valence-corrected chi connectivity index (χ2v) is 6.54. The number of benzene rings is 1. The quantitative estimate of drug-likeness (QED) is 0.839. The number of aryl methyl sites for hydroxylation is 1. The predicted molar refractivity (Wildman–Crippen MR) is 77.4 cm³/mol. The molecule has 0 fully saturated rings. The highest BCUT2D eigenvalue weighted by Gasteiger charge is 2.27. The van der Waals surface area contributed by atoms with E-state index in [9.17, 15) is 4.79 Å². The van der Waals surface area contributed by atoms with Crippen LogP contribution < -0.4 is 0 Å². The van der Waals surface area contributed by atoms with Gasteiger partial charge >= 0.3 is 0 Å². The average molecular weight is 274 g/mol. The van der Waals surface area contributed by atoms with Crippen molar-refractivity contribution in [3.05, 3.63) is 52.2 Å². The topological polar surface area (TPSA) is 17.1 Å². The molecule has 0 aliphatic carbocycles. The number of ketones is 1. The Morgan fingerprint density at radius 3 is 2.94 bits per heavy atom. The summed E-state index contributed by atoms with van der Waals surface area (Å²) in [6.07, 6.45) is 2.46. The lowest BCUT2D eigenvalue weighted by Crippen LogP contribution is -2.16. The summed E-state index contributed by atoms with van der Waals surface area (Å²) in [5.74, 6) is 0.391. The first-order chi connectivity index (χ1) is 8.83. The zero-order chi connectivity index (χ0) is 12.4. The van der Waals surface area contributed by atoms with E-state index in [0.717, 1.165) is 12.8 Å². The largest absolute Gasteiger partial charge is 0.298 e. The molecule has 1 unspecified atom stereocenters. The molecule has 18 heavy (non-hydrogen) atoms. The number of Topliss-reactive ketones (excluding diaryl/α,β-unsaturated/α-hetero) is 1. The average Bonchev–Trinajstić information content (AvgIpc) is 3.04. The van der Waals surface area contributed by atoms with E-state index < -0.39 is 0 Å². The first-order valence-electron chi connectivity index (χ1n) is 6.11. The monoisotopic (exact) mass is 274 g/mol. The van der Waals surface area contributed by atoms with Gasteiger partial charge in [-0.3, -0.25) is 4.79 Å². The van der Waals surface area contributed by atoms with E-state index in [2.05, 4.69) is 35.0 Å². The fraction of sp³-hybridized carbons (Fsp3) is 0.267. The van der Waals surface area contributed by atoms with Crippen molar-refractivity contribution in [1.82, 2.24) is 0 Å². The van der Waals surface area contributed by atoms with E-state index in [-0.39, 0.29) is 5.25 Å². The number of thiophene rings is 1. The maximum atomic E-state index is 12.2. The number of fused-ring (bicyclic) bond motifs is 1. The second kappa shape index (κ2) is 5.29. The summed E-state index contributed by atoms with van der Waals surface area (Å²) in [6, 6.07) is 10.5. The predicted octanol–water partition coefficient (Wildman–Crippen LogP) is 3.97. The minimum absolute atomic E-state index is 0.140. The smallest absolute Gasteiger partial charge is 0.146 e. The number of hydrogen-bond donors (Lipinski definition) is 0. The molecule has 1 aromatic heterocycles. The van der Waals surface area contributed by atoms with Crippen LogP contribution in [-0.2, 0) is 17.6 Å². The van der Waals surface area contributed by atoms with Gasteiger partial charge in [0.25, 0.3) is 0 Å². The first-order valence-corrected chi connectivity index (χ1v) is 7.93. The van der Waals surface area contributed by atoms with Crippen molar-refractivity contribution < 1.29 is 4.79 Å². The van der Waals surface area contributed by atoms with E-state index in [1.54, 1.807) is 23.1 Å². The fourth-order valence-corrected chi connectivity index (χ4v) is 4.21. The Balaban J connectivity index is 1.59. The summed E-state index contributed by atoms with van der Waals surface area (Å²) < 4.78 is 0. The molecular weight excluding hydrogens is 260 g/mol. The molecule has 1 aliphatic heterocycles. The van der Waals surface area contributed by atoms with E-state index in [0.29, 0.717) is 12.2 Å². The van der Waals surface area contributed by atoms with Crippen molar-refractivity contribution in [3.63, 3.8) is 0 Å². The van der Waals surface area contributed by atoms with Crippen molar-refractivity contribution in [1.29, 1.82) is 0 Å². The third-order valence-electron chi connectivity index (χ3n) is 3.25. The number of carbonyl (C=O) groups is 1. The normalized spacial score (nSPS) is 17.7. The van der Waals surface area contributed by atoms with E-state index in [4.69, 9.17) is 0 Å². The van der Waals surface area contributed by atoms with Crippen molar-refractivity contribution in [3.8, 4) is 0 Å². The van der Waals surface area contributed by atoms with Crippen LogP contribution in [0.15, 0.2) is 46.0 Å². The molecule has 2 heterocycles. The highest BCUT2D eigenvalue weighted by Crippen LogP contribution is 2.37. The molecule has 1 nitrogen and oxygen atoms in total. The van der Waals surface area contributed by atoms with Gasteiger partial charge in [0.05, 0.1) is 5.25 Å². The van der Waals surface area contributed by atoms with Crippen LogP contribution in [0.5, 0.6) is 0 Å². The first kappa shape index (κ1) is 12.0. The molecule has 1 aromatic carbocycles. The van der Waals surface area contributed by atoms with Gasteiger partial charge in [-0.1, -0.05) is 18.2 Å². The Morgan fingerprint density at radius 1 is 1.28 bits per heavy atom. The Morgan fingerprint density at radius 2 is 2.17 bits per heavy atom. The lowest BCUT2D eigenvalue weighted by Gasteiger charge is -2.06. The summed E-state index contributed by atoms with van der Waals surface area (Å²) >= 11 is 3.43. The molecule has 92 valence electrons. The Hall–Kier alpha value is -1.06. The van der Waals surface area contributed by atoms with Gasteiger partial charge in [0.1, 0.15) is 5.78 Å². The van der Waals surface area contributed by atoms with E-state index in [1.165, 1.54) is 16.0 Å². The SMILES string of the molecule is O=C(CCc1ccsc1)C1Cc2ccccc2S1. The lowest BCUT2D eigenvalue weighted by atomic mass is 10.0. The van der Waals surface area contributed by atoms with Crippen LogP contribution in [0.1, 0.15) is 17.5 Å². The summed E-state index contributed by atoms with van der Waals surface area (Å²) in [7, 11) is 0. The number of thioether (sulfide) groups is 1. The zero-order valence-electron chi connectivity index (χ0n) is 9.96. The van der Waals surface area contributed by atoms with Crippen LogP contribution in [0.2, 0.25) is 0 Å². The minimum atomic E-state index is 0.140. The van der Waals surface area contributed by atoms with Crippen LogP contribution >= 0.6 is 23.1 Å². The molecule has 0 saturated heterocycles. The lowest BCUT2D eigenvalue weighted by molar-refractivity contribution is -0.118. The molecule has 0 radical (unpaired) electrons.